The van der Waals surface area contributed by atoms with Crippen molar-refractivity contribution in [3.05, 3.63) is 93.6 Å². The van der Waals surface area contributed by atoms with Gasteiger partial charge in [-0.2, -0.15) is 8.42 Å². The maximum atomic E-state index is 13.8. The third-order valence-electron chi connectivity index (χ3n) is 6.81. The number of amides is 1. The van der Waals surface area contributed by atoms with Crippen LogP contribution in [-0.2, 0) is 21.5 Å². The van der Waals surface area contributed by atoms with E-state index in [1.807, 2.05) is 4.90 Å². The van der Waals surface area contributed by atoms with Gasteiger partial charge in [0.1, 0.15) is 11.5 Å². The van der Waals surface area contributed by atoms with E-state index in [1.165, 1.54) is 35.3 Å². The van der Waals surface area contributed by atoms with Crippen LogP contribution in [-0.4, -0.2) is 77.4 Å². The van der Waals surface area contributed by atoms with Gasteiger partial charge in [0.25, 0.3) is 10.1 Å². The first-order chi connectivity index (χ1) is 18.8. The summed E-state index contributed by atoms with van der Waals surface area (Å²) in [6, 6.07) is 14.2. The van der Waals surface area contributed by atoms with Gasteiger partial charge in [-0.3, -0.25) is 24.4 Å². The molecule has 4 rings (SSSR count). The first-order valence-corrected chi connectivity index (χ1v) is 13.8. The fourth-order valence-corrected chi connectivity index (χ4v) is 5.67. The minimum absolute atomic E-state index is 0.0662. The second kappa shape index (κ2) is 11.4. The monoisotopic (exact) mass is 581 g/mol. The van der Waals surface area contributed by atoms with E-state index in [9.17, 15) is 41.1 Å². The second-order valence-corrected chi connectivity index (χ2v) is 11.0. The number of ether oxygens (including phenoxy) is 1. The highest BCUT2D eigenvalue weighted by atomic mass is 32.2. The Morgan fingerprint density at radius 2 is 1.73 bits per heavy atom. The van der Waals surface area contributed by atoms with Crippen LogP contribution in [0.25, 0.3) is 5.57 Å². The largest absolute Gasteiger partial charge is 0.573 e. The molecule has 10 nitrogen and oxygen atoms in total. The number of benzene rings is 2. The molecule has 40 heavy (non-hydrogen) atoms. The normalized spacial score (nSPS) is 20.4. The van der Waals surface area contributed by atoms with Crippen molar-refractivity contribution in [3.8, 4) is 5.75 Å². The lowest BCUT2D eigenvalue weighted by Gasteiger charge is -2.39. The van der Waals surface area contributed by atoms with Crippen molar-refractivity contribution in [3.63, 3.8) is 0 Å². The predicted molar refractivity (Wildman–Crippen MR) is 138 cm³/mol. The molecule has 1 fully saturated rings. The van der Waals surface area contributed by atoms with Gasteiger partial charge in [-0.05, 0) is 28.8 Å². The summed E-state index contributed by atoms with van der Waals surface area (Å²) in [5.74, 6) is -2.33. The molecule has 0 radical (unpaired) electrons. The van der Waals surface area contributed by atoms with Crippen LogP contribution in [0.5, 0.6) is 5.75 Å². The number of carbonyl (C=O) groups excluding carboxylic acids is 1. The molecule has 14 heteroatoms. The van der Waals surface area contributed by atoms with Gasteiger partial charge in [-0.25, -0.2) is 0 Å². The van der Waals surface area contributed by atoms with Crippen LogP contribution in [0.15, 0.2) is 72.3 Å². The summed E-state index contributed by atoms with van der Waals surface area (Å²) in [5.41, 5.74) is -1.14. The van der Waals surface area contributed by atoms with E-state index in [0.29, 0.717) is 16.7 Å². The molecular weight excluding hydrogens is 555 g/mol. The standard InChI is InChI=1S/C26H26F3N3O7S/c27-26(28,29)39-23-8-4-5-19(15-23)17-30-11-13-31(14-12-30)24(33)25(32(34)35)16-21(20-6-2-1-3-7-20)9-10-22(25)18-40(36,37)38/h1-10,15H,11-14,16-18H2,(H,36,37,38). The molecule has 1 N–H and O–H groups in total. The molecule has 1 unspecified atom stereocenters. The average Bonchev–Trinajstić information content (AvgIpc) is 2.88. The van der Waals surface area contributed by atoms with Gasteiger partial charge in [0.15, 0.2) is 0 Å². The van der Waals surface area contributed by atoms with Gasteiger partial charge < -0.3 is 9.64 Å². The number of allylic oxidation sites excluding steroid dienone is 2. The Morgan fingerprint density at radius 3 is 2.33 bits per heavy atom. The third-order valence-corrected chi connectivity index (χ3v) is 7.48. The molecule has 1 amide bonds. The van der Waals surface area contributed by atoms with Crippen LogP contribution in [0, 0.1) is 10.1 Å². The summed E-state index contributed by atoms with van der Waals surface area (Å²) in [7, 11) is -4.69. The summed E-state index contributed by atoms with van der Waals surface area (Å²) in [4.78, 5) is 28.8. The number of nitrogens with zero attached hydrogens (tertiary/aromatic N) is 3. The number of carbonyl (C=O) groups is 1. The van der Waals surface area contributed by atoms with Crippen LogP contribution in [0.1, 0.15) is 17.5 Å². The fraction of sp³-hybridized carbons (Fsp3) is 0.346. The van der Waals surface area contributed by atoms with E-state index in [-0.39, 0.29) is 44.0 Å². The second-order valence-electron chi connectivity index (χ2n) is 9.53. The zero-order valence-corrected chi connectivity index (χ0v) is 21.9. The number of halogens is 3. The number of alkyl halides is 3. The van der Waals surface area contributed by atoms with Crippen molar-refractivity contribution in [2.24, 2.45) is 0 Å². The van der Waals surface area contributed by atoms with Gasteiger partial charge in [-0.1, -0.05) is 54.6 Å². The van der Waals surface area contributed by atoms with Crippen LogP contribution < -0.4 is 4.74 Å². The van der Waals surface area contributed by atoms with Crippen molar-refractivity contribution in [1.29, 1.82) is 0 Å². The van der Waals surface area contributed by atoms with Gasteiger partial charge in [0.05, 0.1) is 6.42 Å². The van der Waals surface area contributed by atoms with Gasteiger partial charge in [-0.15, -0.1) is 13.2 Å². The Balaban J connectivity index is 1.53. The van der Waals surface area contributed by atoms with Crippen LogP contribution >= 0.6 is 0 Å². The highest BCUT2D eigenvalue weighted by Gasteiger charge is 2.58. The molecule has 1 saturated heterocycles. The predicted octanol–water partition coefficient (Wildman–Crippen LogP) is 3.55. The topological polar surface area (TPSA) is 130 Å². The molecule has 1 aliphatic carbocycles. The summed E-state index contributed by atoms with van der Waals surface area (Å²) in [5, 5.41) is 12.6. The highest BCUT2D eigenvalue weighted by Crippen LogP contribution is 2.39. The van der Waals surface area contributed by atoms with Crippen LogP contribution in [0.3, 0.4) is 0 Å². The zero-order chi connectivity index (χ0) is 29.1. The Morgan fingerprint density at radius 1 is 1.05 bits per heavy atom. The molecule has 0 saturated carbocycles. The first kappa shape index (κ1) is 29.2. The molecule has 0 spiro atoms. The van der Waals surface area contributed by atoms with E-state index in [4.69, 9.17) is 0 Å². The van der Waals surface area contributed by atoms with Crippen molar-refractivity contribution in [1.82, 2.24) is 9.80 Å². The molecule has 1 atom stereocenters. The summed E-state index contributed by atoms with van der Waals surface area (Å²) in [6.07, 6.45) is -2.50. The van der Waals surface area contributed by atoms with Crippen molar-refractivity contribution < 1.29 is 40.6 Å². The lowest BCUT2D eigenvalue weighted by molar-refractivity contribution is -0.541. The van der Waals surface area contributed by atoms with Gasteiger partial charge in [0.2, 0.25) is 0 Å². The van der Waals surface area contributed by atoms with Crippen molar-refractivity contribution in [2.75, 3.05) is 31.9 Å². The molecule has 214 valence electrons. The molecule has 1 heterocycles. The minimum Gasteiger partial charge on any atom is -0.406 e. The van der Waals surface area contributed by atoms with E-state index in [2.05, 4.69) is 4.74 Å². The minimum atomic E-state index is -4.82. The van der Waals surface area contributed by atoms with E-state index in [1.54, 1.807) is 36.4 Å². The summed E-state index contributed by atoms with van der Waals surface area (Å²) < 4.78 is 74.6. The molecular formula is C26H26F3N3O7S. The Kier molecular flexibility index (Phi) is 8.33. The Hall–Kier alpha value is -3.75. The first-order valence-electron chi connectivity index (χ1n) is 12.2. The smallest absolute Gasteiger partial charge is 0.406 e. The lowest BCUT2D eigenvalue weighted by Crippen LogP contribution is -2.60. The van der Waals surface area contributed by atoms with E-state index in [0.717, 1.165) is 0 Å². The van der Waals surface area contributed by atoms with Crippen LogP contribution in [0.4, 0.5) is 13.2 Å². The Labute approximate surface area is 228 Å². The number of hydrogen-bond acceptors (Lipinski definition) is 7. The number of rotatable bonds is 8. The molecule has 1 aliphatic heterocycles. The average molecular weight is 582 g/mol. The molecule has 2 aromatic rings. The molecule has 0 aromatic heterocycles. The zero-order valence-electron chi connectivity index (χ0n) is 21.1. The van der Waals surface area contributed by atoms with E-state index < -0.39 is 45.0 Å². The van der Waals surface area contributed by atoms with E-state index >= 15 is 0 Å². The van der Waals surface area contributed by atoms with Gasteiger partial charge in [0, 0.05) is 43.2 Å². The van der Waals surface area contributed by atoms with Gasteiger partial charge >= 0.3 is 17.8 Å². The summed E-state index contributed by atoms with van der Waals surface area (Å²) in [6.45, 7) is 0.922. The maximum Gasteiger partial charge on any atom is 0.573 e. The maximum absolute atomic E-state index is 13.8. The number of nitro groups is 1. The molecule has 2 aliphatic rings. The number of hydrogen-bond donors (Lipinski definition) is 1. The van der Waals surface area contributed by atoms with Crippen molar-refractivity contribution >= 4 is 21.6 Å². The fourth-order valence-electron chi connectivity index (χ4n) is 4.94. The third kappa shape index (κ3) is 6.87. The molecule has 2 aromatic carbocycles. The van der Waals surface area contributed by atoms with Crippen molar-refractivity contribution in [2.45, 2.75) is 24.9 Å². The quantitative estimate of drug-likeness (QED) is 0.285. The Bertz CT molecular complexity index is 1440. The highest BCUT2D eigenvalue weighted by molar-refractivity contribution is 7.86. The summed E-state index contributed by atoms with van der Waals surface area (Å²) >= 11 is 0. The molecule has 0 bridgehead atoms. The lowest BCUT2D eigenvalue weighted by atomic mass is 9.77. The SMILES string of the molecule is O=C(N1CCN(Cc2cccc(OC(F)(F)F)c2)CC1)C1([N+](=O)[O-])CC(c2ccccc2)=CC=C1CS(=O)(=O)O. The number of piperazine rings is 1. The van der Waals surface area contributed by atoms with Crippen LogP contribution in [0.2, 0.25) is 0 Å².